The van der Waals surface area contributed by atoms with Gasteiger partial charge in [-0.15, -0.1) is 6.58 Å². The molecule has 0 aromatic rings. The van der Waals surface area contributed by atoms with Crippen LogP contribution in [-0.4, -0.2) is 30.8 Å². The second-order valence-corrected chi connectivity index (χ2v) is 2.94. The first-order valence-electron chi connectivity index (χ1n) is 3.55. The predicted octanol–water partition coefficient (Wildman–Crippen LogP) is 0.693. The zero-order valence-electron chi connectivity index (χ0n) is 6.34. The molecule has 0 aliphatic carbocycles. The maximum Gasteiger partial charge on any atom is 0.147 e. The minimum Gasteiger partial charge on any atom is -0.299 e. The molecule has 0 unspecified atom stereocenters. The summed E-state index contributed by atoms with van der Waals surface area (Å²) >= 11 is 0. The van der Waals surface area contributed by atoms with Gasteiger partial charge < -0.3 is 0 Å². The Hall–Kier alpha value is -0.630. The quantitative estimate of drug-likeness (QED) is 0.498. The van der Waals surface area contributed by atoms with Gasteiger partial charge in [-0.25, -0.2) is 0 Å². The van der Waals surface area contributed by atoms with Crippen LogP contribution in [0.15, 0.2) is 12.7 Å². The highest BCUT2D eigenvalue weighted by Crippen LogP contribution is 2.12. The van der Waals surface area contributed by atoms with Gasteiger partial charge in [0.15, 0.2) is 0 Å². The Bertz CT molecular complexity index is 153. The van der Waals surface area contributed by atoms with Crippen LogP contribution in [0, 0.1) is 5.92 Å². The Labute approximate surface area is 61.5 Å². The third-order valence-electron chi connectivity index (χ3n) is 1.82. The fourth-order valence-corrected chi connectivity index (χ4v) is 1.35. The lowest BCUT2D eigenvalue weighted by Gasteiger charge is -2.26. The molecule has 2 nitrogen and oxygen atoms in total. The van der Waals surface area contributed by atoms with E-state index < -0.39 is 0 Å². The van der Waals surface area contributed by atoms with Crippen LogP contribution in [-0.2, 0) is 4.79 Å². The van der Waals surface area contributed by atoms with E-state index in [1.165, 1.54) is 0 Å². The van der Waals surface area contributed by atoms with E-state index in [0.29, 0.717) is 24.7 Å². The van der Waals surface area contributed by atoms with Crippen LogP contribution in [0.3, 0.4) is 0 Å². The number of carbonyl (C=O) groups excluding carboxylic acids is 1. The molecule has 0 saturated carbocycles. The molecule has 1 rings (SSSR count). The van der Waals surface area contributed by atoms with Crippen LogP contribution >= 0.6 is 0 Å². The third-order valence-corrected chi connectivity index (χ3v) is 1.82. The van der Waals surface area contributed by atoms with E-state index in [-0.39, 0.29) is 0 Å². The van der Waals surface area contributed by atoms with Gasteiger partial charge in [-0.2, -0.15) is 0 Å². The van der Waals surface area contributed by atoms with Crippen LogP contribution < -0.4 is 0 Å². The SMILES string of the molecule is C=C[C@H]1CC(=O)CN(C)C1. The molecule has 0 N–H and O–H groups in total. The molecule has 1 aliphatic rings. The summed E-state index contributed by atoms with van der Waals surface area (Å²) in [5.41, 5.74) is 0. The average Bonchev–Trinajstić information content (AvgIpc) is 1.85. The standard InChI is InChI=1S/C8H13NO/c1-3-7-4-8(10)6-9(2)5-7/h3,7H,1,4-6H2,2H3/t7-/m0/s1. The maximum atomic E-state index is 11.0. The summed E-state index contributed by atoms with van der Waals surface area (Å²) in [6.07, 6.45) is 2.56. The number of Topliss-reactive ketones (excluding diaryl/α,β-unsaturated/α-hetero) is 1. The number of carbonyl (C=O) groups is 1. The number of hydrogen-bond acceptors (Lipinski definition) is 2. The van der Waals surface area contributed by atoms with Crippen molar-refractivity contribution in [2.45, 2.75) is 6.42 Å². The molecular weight excluding hydrogens is 126 g/mol. The lowest BCUT2D eigenvalue weighted by atomic mass is 9.98. The van der Waals surface area contributed by atoms with Crippen molar-refractivity contribution < 1.29 is 4.79 Å². The van der Waals surface area contributed by atoms with Crippen molar-refractivity contribution in [3.63, 3.8) is 0 Å². The van der Waals surface area contributed by atoms with Crippen molar-refractivity contribution >= 4 is 5.78 Å². The van der Waals surface area contributed by atoms with Crippen molar-refractivity contribution in [1.29, 1.82) is 0 Å². The van der Waals surface area contributed by atoms with Gasteiger partial charge in [-0.05, 0) is 13.0 Å². The summed E-state index contributed by atoms with van der Waals surface area (Å²) in [6, 6.07) is 0. The average molecular weight is 139 g/mol. The van der Waals surface area contributed by atoms with Crippen molar-refractivity contribution in [1.82, 2.24) is 4.90 Å². The molecule has 0 aromatic carbocycles. The van der Waals surface area contributed by atoms with E-state index in [9.17, 15) is 4.79 Å². The summed E-state index contributed by atoms with van der Waals surface area (Å²) in [5, 5.41) is 0. The van der Waals surface area contributed by atoms with Gasteiger partial charge in [0.05, 0.1) is 6.54 Å². The van der Waals surface area contributed by atoms with Crippen molar-refractivity contribution in [3.8, 4) is 0 Å². The van der Waals surface area contributed by atoms with Crippen molar-refractivity contribution in [2.24, 2.45) is 5.92 Å². The van der Waals surface area contributed by atoms with Crippen molar-refractivity contribution in [3.05, 3.63) is 12.7 Å². The lowest BCUT2D eigenvalue weighted by Crippen LogP contribution is -2.37. The van der Waals surface area contributed by atoms with E-state index in [0.717, 1.165) is 6.54 Å². The zero-order valence-corrected chi connectivity index (χ0v) is 6.34. The van der Waals surface area contributed by atoms with Gasteiger partial charge in [-0.1, -0.05) is 6.08 Å². The molecule has 0 spiro atoms. The first-order valence-corrected chi connectivity index (χ1v) is 3.55. The minimum atomic E-state index is 0.332. The molecule has 1 fully saturated rings. The summed E-state index contributed by atoms with van der Waals surface area (Å²) in [6.45, 7) is 5.27. The van der Waals surface area contributed by atoms with E-state index in [1.807, 2.05) is 18.0 Å². The smallest absolute Gasteiger partial charge is 0.147 e. The van der Waals surface area contributed by atoms with Gasteiger partial charge in [-0.3, -0.25) is 9.69 Å². The highest BCUT2D eigenvalue weighted by Gasteiger charge is 2.19. The first kappa shape index (κ1) is 7.48. The summed E-state index contributed by atoms with van der Waals surface area (Å²) < 4.78 is 0. The van der Waals surface area contributed by atoms with Crippen molar-refractivity contribution in [2.75, 3.05) is 20.1 Å². The second-order valence-electron chi connectivity index (χ2n) is 2.94. The number of piperidine rings is 1. The highest BCUT2D eigenvalue weighted by atomic mass is 16.1. The Kier molecular flexibility index (Phi) is 2.22. The molecule has 2 heteroatoms. The van der Waals surface area contributed by atoms with Crippen LogP contribution in [0.25, 0.3) is 0 Å². The third kappa shape index (κ3) is 1.67. The molecule has 0 bridgehead atoms. The summed E-state index contributed by atoms with van der Waals surface area (Å²) in [7, 11) is 1.97. The van der Waals surface area contributed by atoms with Gasteiger partial charge in [0, 0.05) is 13.0 Å². The Morgan fingerprint density at radius 1 is 1.80 bits per heavy atom. The molecular formula is C8H13NO. The monoisotopic (exact) mass is 139 g/mol. The largest absolute Gasteiger partial charge is 0.299 e. The molecule has 1 heterocycles. The van der Waals surface area contributed by atoms with Gasteiger partial charge in [0.25, 0.3) is 0 Å². The molecule has 1 atom stereocenters. The molecule has 0 aromatic heterocycles. The number of likely N-dealkylation sites (tertiary alicyclic amines) is 1. The zero-order chi connectivity index (χ0) is 7.56. The molecule has 1 saturated heterocycles. The summed E-state index contributed by atoms with van der Waals surface area (Å²) in [4.78, 5) is 13.0. The second kappa shape index (κ2) is 2.97. The molecule has 1 aliphatic heterocycles. The highest BCUT2D eigenvalue weighted by molar-refractivity contribution is 5.81. The molecule has 0 radical (unpaired) electrons. The van der Waals surface area contributed by atoms with Gasteiger partial charge in [0.1, 0.15) is 5.78 Å². The number of nitrogens with zero attached hydrogens (tertiary/aromatic N) is 1. The van der Waals surface area contributed by atoms with E-state index >= 15 is 0 Å². The van der Waals surface area contributed by atoms with E-state index in [2.05, 4.69) is 6.58 Å². The van der Waals surface area contributed by atoms with Crippen LogP contribution in [0.1, 0.15) is 6.42 Å². The number of likely N-dealkylation sites (N-methyl/N-ethyl adjacent to an activating group) is 1. The molecule has 10 heavy (non-hydrogen) atoms. The van der Waals surface area contributed by atoms with Gasteiger partial charge >= 0.3 is 0 Å². The Balaban J connectivity index is 2.50. The molecule has 0 amide bonds. The fraction of sp³-hybridized carbons (Fsp3) is 0.625. The molecule has 56 valence electrons. The van der Waals surface area contributed by atoms with E-state index in [4.69, 9.17) is 0 Å². The van der Waals surface area contributed by atoms with Crippen LogP contribution in [0.2, 0.25) is 0 Å². The van der Waals surface area contributed by atoms with E-state index in [1.54, 1.807) is 0 Å². The number of rotatable bonds is 1. The van der Waals surface area contributed by atoms with Crippen LogP contribution in [0.5, 0.6) is 0 Å². The Morgan fingerprint density at radius 2 is 2.50 bits per heavy atom. The number of ketones is 1. The van der Waals surface area contributed by atoms with Gasteiger partial charge in [0.2, 0.25) is 0 Å². The Morgan fingerprint density at radius 3 is 3.00 bits per heavy atom. The minimum absolute atomic E-state index is 0.332. The predicted molar refractivity (Wildman–Crippen MR) is 40.8 cm³/mol. The topological polar surface area (TPSA) is 20.3 Å². The van der Waals surface area contributed by atoms with Crippen LogP contribution in [0.4, 0.5) is 0 Å². The number of hydrogen-bond donors (Lipinski definition) is 0. The normalized spacial score (nSPS) is 28.5. The maximum absolute atomic E-state index is 11.0. The fourth-order valence-electron chi connectivity index (χ4n) is 1.35. The summed E-state index contributed by atoms with van der Waals surface area (Å²) in [5.74, 6) is 0.713. The lowest BCUT2D eigenvalue weighted by molar-refractivity contribution is -0.122. The first-order chi connectivity index (χ1) is 4.72.